The molecule has 2 aliphatic rings. The molecule has 0 bridgehead atoms. The van der Waals surface area contributed by atoms with E-state index in [1.54, 1.807) is 54.8 Å². The smallest absolute Gasteiger partial charge is 0.329 e. The van der Waals surface area contributed by atoms with E-state index in [1.165, 1.54) is 42.4 Å². The van der Waals surface area contributed by atoms with E-state index < -0.39 is 38.0 Å². The lowest BCUT2D eigenvalue weighted by atomic mass is 10.1. The molecule has 2 atom stereocenters. The van der Waals surface area contributed by atoms with Gasteiger partial charge in [-0.2, -0.15) is 0 Å². The van der Waals surface area contributed by atoms with E-state index in [1.807, 2.05) is 0 Å². The summed E-state index contributed by atoms with van der Waals surface area (Å²) in [6.45, 7) is 7.58. The van der Waals surface area contributed by atoms with E-state index in [2.05, 4.69) is 24.4 Å². The van der Waals surface area contributed by atoms with Crippen LogP contribution < -0.4 is 4.74 Å². The summed E-state index contributed by atoms with van der Waals surface area (Å²) in [5.74, 6) is -1.29. The van der Waals surface area contributed by atoms with Crippen molar-refractivity contribution in [3.05, 3.63) is 84.2 Å². The van der Waals surface area contributed by atoms with E-state index in [4.69, 9.17) is 14.2 Å². The summed E-state index contributed by atoms with van der Waals surface area (Å²) in [7, 11) is 1.45. The highest BCUT2D eigenvalue weighted by atomic mass is 28.3. The number of carbonyl (C=O) groups is 4. The number of rotatable bonds is 10. The number of esters is 2. The van der Waals surface area contributed by atoms with Crippen LogP contribution in [0.2, 0.25) is 25.7 Å². The number of nitrogens with zero attached hydrogens (tertiary/aromatic N) is 2. The Bertz CT molecular complexity index is 1390. The van der Waals surface area contributed by atoms with Gasteiger partial charge in [0.25, 0.3) is 11.8 Å². The molecule has 1 N–H and O–H groups in total. The van der Waals surface area contributed by atoms with Gasteiger partial charge in [-0.3, -0.25) is 9.59 Å². The first-order chi connectivity index (χ1) is 21.0. The topological polar surface area (TPSA) is 132 Å². The minimum atomic E-state index is -1.15. The van der Waals surface area contributed by atoms with Gasteiger partial charge in [-0.05, 0) is 43.2 Å². The summed E-state index contributed by atoms with van der Waals surface area (Å²) in [5, 5.41) is 9.64. The third-order valence-electron chi connectivity index (χ3n) is 6.88. The Morgan fingerprint density at radius 3 is 1.82 bits per heavy atom. The van der Waals surface area contributed by atoms with Crippen molar-refractivity contribution in [2.75, 3.05) is 27.6 Å². The van der Waals surface area contributed by atoms with Crippen molar-refractivity contribution in [1.29, 1.82) is 0 Å². The maximum atomic E-state index is 12.9. The highest BCUT2D eigenvalue weighted by molar-refractivity contribution is 6.76. The summed E-state index contributed by atoms with van der Waals surface area (Å²) in [4.78, 5) is 51.1. The van der Waals surface area contributed by atoms with E-state index in [0.29, 0.717) is 30.8 Å². The molecule has 11 nitrogen and oxygen atoms in total. The largest absolute Gasteiger partial charge is 0.507 e. The Morgan fingerprint density at radius 1 is 0.795 bits per heavy atom. The van der Waals surface area contributed by atoms with Crippen molar-refractivity contribution in [1.82, 2.24) is 9.80 Å². The maximum absolute atomic E-state index is 12.9. The third-order valence-corrected chi connectivity index (χ3v) is 8.59. The standard InChI is InChI=1S/C19H27NO5Si.C13H13NO4/c1-23-19(22)16-9-7-11-20(16)18(21)15-8-5-6-10-17(15)25-14-24-12-13-26(2,3)4;1-18-13(17)10-6-4-8-14(10)12(16)9-5-2-3-7-11(9)15/h5-8,10-11,16H,9,12-14H2,1-4H3;2-5,7-8,10,15H,6H2,1H3/t16-;10-/m00/s1. The summed E-state index contributed by atoms with van der Waals surface area (Å²) >= 11 is 0. The number of para-hydroxylation sites is 2. The molecular weight excluding hydrogens is 584 g/mol. The highest BCUT2D eigenvalue weighted by Crippen LogP contribution is 2.26. The van der Waals surface area contributed by atoms with Crippen LogP contribution in [0.1, 0.15) is 33.6 Å². The molecule has 2 amide bonds. The molecule has 0 aliphatic carbocycles. The lowest BCUT2D eigenvalue weighted by Gasteiger charge is -2.22. The number of amides is 2. The zero-order chi connectivity index (χ0) is 32.3. The molecule has 2 heterocycles. The molecular formula is C32H40N2O9Si. The first-order valence-electron chi connectivity index (χ1n) is 14.2. The first kappa shape index (κ1) is 34.1. The number of phenolic OH excluding ortho intramolecular Hbond substituents is 1. The van der Waals surface area contributed by atoms with Crippen LogP contribution in [-0.2, 0) is 23.8 Å². The normalized spacial score (nSPS) is 17.1. The number of methoxy groups -OCH3 is 2. The number of hydrogen-bond acceptors (Lipinski definition) is 9. The SMILES string of the molecule is COC(=O)[C@@H]1CC=CN1C(=O)c1ccccc1O.COC(=O)[C@@H]1CC=CN1C(=O)c1ccccc1OCOCC[Si](C)(C)C. The Kier molecular flexibility index (Phi) is 12.3. The molecule has 4 rings (SSSR count). The molecule has 0 saturated heterocycles. The fourth-order valence-electron chi connectivity index (χ4n) is 4.40. The molecule has 0 radical (unpaired) electrons. The highest BCUT2D eigenvalue weighted by Gasteiger charge is 2.34. The zero-order valence-electron chi connectivity index (χ0n) is 25.7. The summed E-state index contributed by atoms with van der Waals surface area (Å²) in [5.41, 5.74) is 0.555. The fourth-order valence-corrected chi connectivity index (χ4v) is 5.15. The molecule has 2 aliphatic heterocycles. The number of benzene rings is 2. The van der Waals surface area contributed by atoms with Gasteiger partial charge < -0.3 is 33.9 Å². The van der Waals surface area contributed by atoms with Crippen molar-refractivity contribution in [2.45, 2.75) is 50.6 Å². The second-order valence-corrected chi connectivity index (χ2v) is 16.9. The van der Waals surface area contributed by atoms with Gasteiger partial charge in [-0.25, -0.2) is 9.59 Å². The number of hydrogen-bond donors (Lipinski definition) is 1. The van der Waals surface area contributed by atoms with E-state index in [0.717, 1.165) is 6.04 Å². The predicted molar refractivity (Wildman–Crippen MR) is 166 cm³/mol. The summed E-state index contributed by atoms with van der Waals surface area (Å²) < 4.78 is 20.6. The number of ether oxygens (including phenoxy) is 4. The van der Waals surface area contributed by atoms with Crippen LogP contribution in [0.5, 0.6) is 11.5 Å². The van der Waals surface area contributed by atoms with Crippen LogP contribution in [0.4, 0.5) is 0 Å². The van der Waals surface area contributed by atoms with Crippen LogP contribution in [0, 0.1) is 0 Å². The summed E-state index contributed by atoms with van der Waals surface area (Å²) in [6.07, 6.45) is 7.52. The first-order valence-corrected chi connectivity index (χ1v) is 17.9. The molecule has 0 unspecified atom stereocenters. The third kappa shape index (κ3) is 9.04. The van der Waals surface area contributed by atoms with Gasteiger partial charge in [0.1, 0.15) is 23.6 Å². The van der Waals surface area contributed by atoms with E-state index in [-0.39, 0.29) is 24.0 Å². The minimum Gasteiger partial charge on any atom is -0.507 e. The second-order valence-electron chi connectivity index (χ2n) is 11.2. The Balaban J connectivity index is 0.000000257. The van der Waals surface area contributed by atoms with Crippen LogP contribution in [0.15, 0.2) is 73.1 Å². The Hall–Kier alpha value is -4.42. The fraction of sp³-hybridized carbons (Fsp3) is 0.375. The molecule has 0 fully saturated rings. The van der Waals surface area contributed by atoms with Crippen LogP contribution in [0.25, 0.3) is 0 Å². The lowest BCUT2D eigenvalue weighted by molar-refractivity contribution is -0.145. The lowest BCUT2D eigenvalue weighted by Crippen LogP contribution is -2.39. The van der Waals surface area contributed by atoms with Crippen LogP contribution >= 0.6 is 0 Å². The average molecular weight is 625 g/mol. The van der Waals surface area contributed by atoms with Crippen LogP contribution in [0.3, 0.4) is 0 Å². The maximum Gasteiger partial charge on any atom is 0.329 e. The van der Waals surface area contributed by atoms with Gasteiger partial charge in [0.2, 0.25) is 0 Å². The van der Waals surface area contributed by atoms with Gasteiger partial charge in [-0.15, -0.1) is 0 Å². The Labute approximate surface area is 258 Å². The van der Waals surface area contributed by atoms with E-state index >= 15 is 0 Å². The molecule has 0 saturated carbocycles. The molecule has 0 aromatic heterocycles. The summed E-state index contributed by atoms with van der Waals surface area (Å²) in [6, 6.07) is 13.0. The molecule has 44 heavy (non-hydrogen) atoms. The van der Waals surface area contributed by atoms with Gasteiger partial charge >= 0.3 is 11.9 Å². The van der Waals surface area contributed by atoms with E-state index in [9.17, 15) is 24.3 Å². The monoisotopic (exact) mass is 624 g/mol. The van der Waals surface area contributed by atoms with Crippen molar-refractivity contribution in [2.24, 2.45) is 0 Å². The van der Waals surface area contributed by atoms with Crippen molar-refractivity contribution >= 4 is 31.8 Å². The predicted octanol–water partition coefficient (Wildman–Crippen LogP) is 4.57. The van der Waals surface area contributed by atoms with Crippen molar-refractivity contribution < 1.29 is 43.2 Å². The molecule has 12 heteroatoms. The second kappa shape index (κ2) is 15.9. The van der Waals surface area contributed by atoms with Crippen LogP contribution in [-0.4, -0.2) is 86.4 Å². The van der Waals surface area contributed by atoms with Gasteiger partial charge in [-0.1, -0.05) is 56.1 Å². The quantitative estimate of drug-likeness (QED) is 0.175. The molecule has 236 valence electrons. The number of carbonyl (C=O) groups excluding carboxylic acids is 4. The number of aromatic hydroxyl groups is 1. The zero-order valence-corrected chi connectivity index (χ0v) is 26.7. The molecule has 2 aromatic rings. The minimum absolute atomic E-state index is 0.0883. The molecule has 2 aromatic carbocycles. The Morgan fingerprint density at radius 2 is 1.30 bits per heavy atom. The van der Waals surface area contributed by atoms with Gasteiger partial charge in [0.05, 0.1) is 25.3 Å². The molecule has 0 spiro atoms. The van der Waals surface area contributed by atoms with Crippen molar-refractivity contribution in [3.63, 3.8) is 0 Å². The van der Waals surface area contributed by atoms with Crippen molar-refractivity contribution in [3.8, 4) is 11.5 Å². The van der Waals surface area contributed by atoms with Gasteiger partial charge in [0, 0.05) is 27.1 Å². The number of phenols is 1. The average Bonchev–Trinajstić information content (AvgIpc) is 3.70. The van der Waals surface area contributed by atoms with Gasteiger partial charge in [0.15, 0.2) is 6.79 Å².